The lowest BCUT2D eigenvalue weighted by Crippen LogP contribution is -2.49. The average Bonchev–Trinajstić information content (AvgIpc) is 3.49. The Morgan fingerprint density at radius 1 is 0.842 bits per heavy atom. The molecule has 3 aromatic carbocycles. The summed E-state index contributed by atoms with van der Waals surface area (Å²) >= 11 is 0. The van der Waals surface area contributed by atoms with Gasteiger partial charge in [0, 0.05) is 6.04 Å². The summed E-state index contributed by atoms with van der Waals surface area (Å²) in [6.07, 6.45) is 2.08. The number of para-hydroxylation sites is 2. The van der Waals surface area contributed by atoms with Crippen molar-refractivity contribution in [3.8, 4) is 6.07 Å². The van der Waals surface area contributed by atoms with Gasteiger partial charge in [-0.05, 0) is 54.8 Å². The van der Waals surface area contributed by atoms with E-state index < -0.39 is 30.2 Å². The summed E-state index contributed by atoms with van der Waals surface area (Å²) in [6, 6.07) is 22.7. The van der Waals surface area contributed by atoms with E-state index in [1.165, 1.54) is 0 Å². The highest BCUT2D eigenvalue weighted by molar-refractivity contribution is 6.23. The minimum Gasteiger partial charge on any atom is -0.306 e. The monoisotopic (exact) mass is 504 g/mol. The van der Waals surface area contributed by atoms with Gasteiger partial charge in [-0.15, -0.1) is 0 Å². The van der Waals surface area contributed by atoms with Gasteiger partial charge in [0.25, 0.3) is 11.8 Å². The third-order valence-corrected chi connectivity index (χ3v) is 7.66. The van der Waals surface area contributed by atoms with Gasteiger partial charge in [0.2, 0.25) is 11.8 Å². The Bertz CT molecular complexity index is 1510. The first-order chi connectivity index (χ1) is 18.5. The number of imide groups is 1. The number of nitrogens with zero attached hydrogens (tertiary/aromatic N) is 4. The van der Waals surface area contributed by atoms with Crippen LogP contribution in [0.3, 0.4) is 0 Å². The summed E-state index contributed by atoms with van der Waals surface area (Å²) in [5.41, 5.74) is 3.07. The van der Waals surface area contributed by atoms with Crippen LogP contribution in [0.5, 0.6) is 0 Å². The van der Waals surface area contributed by atoms with Crippen LogP contribution in [-0.4, -0.2) is 41.1 Å². The first kappa shape index (κ1) is 23.6. The summed E-state index contributed by atoms with van der Waals surface area (Å²) in [5, 5.41) is 9.33. The predicted molar refractivity (Wildman–Crippen MR) is 139 cm³/mol. The number of carbonyl (C=O) groups is 4. The number of rotatable bonds is 4. The quantitative estimate of drug-likeness (QED) is 0.502. The molecule has 0 saturated heterocycles. The highest BCUT2D eigenvalue weighted by Gasteiger charge is 2.46. The topological polar surface area (TPSA) is 102 Å². The Hall–Kier alpha value is -4.77. The fourth-order valence-corrected chi connectivity index (χ4v) is 5.93. The molecular weight excluding hydrogens is 480 g/mol. The molecule has 1 aliphatic carbocycles. The lowest BCUT2D eigenvalue weighted by atomic mass is 10.0. The molecule has 1 saturated carbocycles. The molecule has 2 aliphatic heterocycles. The molecule has 0 spiro atoms. The van der Waals surface area contributed by atoms with Crippen LogP contribution >= 0.6 is 0 Å². The molecule has 3 aromatic rings. The Morgan fingerprint density at radius 3 is 2.24 bits per heavy atom. The molecule has 8 heteroatoms. The molecule has 8 nitrogen and oxygen atoms in total. The minimum atomic E-state index is -0.486. The maximum atomic E-state index is 13.9. The maximum Gasteiger partial charge on any atom is 0.262 e. The summed E-state index contributed by atoms with van der Waals surface area (Å²) < 4.78 is 0. The van der Waals surface area contributed by atoms with E-state index >= 15 is 0 Å². The molecular formula is C30H24N4O4. The Labute approximate surface area is 219 Å². The van der Waals surface area contributed by atoms with Gasteiger partial charge >= 0.3 is 0 Å². The molecule has 38 heavy (non-hydrogen) atoms. The van der Waals surface area contributed by atoms with Gasteiger partial charge in [0.15, 0.2) is 0 Å². The van der Waals surface area contributed by atoms with Crippen molar-refractivity contribution in [2.45, 2.75) is 31.8 Å². The molecule has 0 N–H and O–H groups in total. The molecule has 1 fully saturated rings. The molecule has 2 atom stereocenters. The number of anilines is 2. The Kier molecular flexibility index (Phi) is 5.76. The third-order valence-electron chi connectivity index (χ3n) is 7.66. The van der Waals surface area contributed by atoms with Crippen LogP contribution in [0.1, 0.15) is 51.1 Å². The number of fused-ring (bicyclic) bond motifs is 3. The molecule has 2 unspecified atom stereocenters. The lowest BCUT2D eigenvalue weighted by molar-refractivity contribution is -0.123. The average molecular weight is 505 g/mol. The lowest BCUT2D eigenvalue weighted by Gasteiger charge is -2.31. The van der Waals surface area contributed by atoms with E-state index in [2.05, 4.69) is 6.07 Å². The van der Waals surface area contributed by atoms with E-state index in [1.807, 2.05) is 30.3 Å². The van der Waals surface area contributed by atoms with E-state index in [9.17, 15) is 24.4 Å². The molecule has 4 amide bonds. The van der Waals surface area contributed by atoms with Gasteiger partial charge < -0.3 is 9.80 Å². The number of hydrogen-bond donors (Lipinski definition) is 0. The molecule has 0 radical (unpaired) electrons. The van der Waals surface area contributed by atoms with Crippen LogP contribution in [-0.2, 0) is 16.1 Å². The molecule has 0 bridgehead atoms. The molecule has 6 rings (SSSR count). The van der Waals surface area contributed by atoms with Gasteiger partial charge in [-0.25, -0.2) is 0 Å². The van der Waals surface area contributed by atoms with E-state index in [0.29, 0.717) is 40.9 Å². The fourth-order valence-electron chi connectivity index (χ4n) is 5.93. The fraction of sp³-hybridized carbons (Fsp3) is 0.233. The smallest absolute Gasteiger partial charge is 0.262 e. The van der Waals surface area contributed by atoms with Crippen molar-refractivity contribution in [1.29, 1.82) is 5.26 Å². The van der Waals surface area contributed by atoms with Crippen molar-refractivity contribution in [3.63, 3.8) is 0 Å². The number of carbonyl (C=O) groups excluding carboxylic acids is 4. The van der Waals surface area contributed by atoms with Gasteiger partial charge in [-0.1, -0.05) is 42.8 Å². The maximum absolute atomic E-state index is 13.9. The first-order valence-corrected chi connectivity index (χ1v) is 12.6. The van der Waals surface area contributed by atoms with Gasteiger partial charge in [0.05, 0.1) is 46.6 Å². The highest BCUT2D eigenvalue weighted by Crippen LogP contribution is 2.43. The van der Waals surface area contributed by atoms with E-state index in [4.69, 9.17) is 0 Å². The summed E-state index contributed by atoms with van der Waals surface area (Å²) in [7, 11) is 0. The van der Waals surface area contributed by atoms with Crippen molar-refractivity contribution < 1.29 is 19.2 Å². The predicted octanol–water partition coefficient (Wildman–Crippen LogP) is 3.90. The van der Waals surface area contributed by atoms with Crippen molar-refractivity contribution >= 4 is 35.0 Å². The largest absolute Gasteiger partial charge is 0.306 e. The molecule has 188 valence electrons. The number of benzene rings is 3. The second-order valence-corrected chi connectivity index (χ2v) is 9.84. The highest BCUT2D eigenvalue weighted by atomic mass is 16.2. The third kappa shape index (κ3) is 3.75. The van der Waals surface area contributed by atoms with Crippen LogP contribution in [0, 0.1) is 17.2 Å². The standard InChI is InChI=1S/C30H24N4O4/c31-16-19-7-5-8-20(15-19)17-32-25-12-3-4-13-26(25)34(24-14-6-11-23(24)30(32)38)27(35)18-33-28(36)21-9-1-2-10-22(21)29(33)37/h1-5,7-10,12-13,15,23-24H,6,11,14,17-18H2. The second kappa shape index (κ2) is 9.27. The van der Waals surface area contributed by atoms with E-state index in [-0.39, 0.29) is 18.5 Å². The number of nitriles is 1. The van der Waals surface area contributed by atoms with Crippen molar-refractivity contribution in [3.05, 3.63) is 95.1 Å². The summed E-state index contributed by atoms with van der Waals surface area (Å²) in [5.74, 6) is -1.85. The van der Waals surface area contributed by atoms with E-state index in [0.717, 1.165) is 16.9 Å². The zero-order chi connectivity index (χ0) is 26.4. The molecule has 3 aliphatic rings. The van der Waals surface area contributed by atoms with Crippen molar-refractivity contribution in [1.82, 2.24) is 4.90 Å². The van der Waals surface area contributed by atoms with Gasteiger partial charge in [0.1, 0.15) is 6.54 Å². The normalized spacial score (nSPS) is 20.1. The first-order valence-electron chi connectivity index (χ1n) is 12.6. The minimum absolute atomic E-state index is 0.0710. The summed E-state index contributed by atoms with van der Waals surface area (Å²) in [6.45, 7) is -0.142. The van der Waals surface area contributed by atoms with Crippen LogP contribution in [0.15, 0.2) is 72.8 Å². The van der Waals surface area contributed by atoms with Crippen LogP contribution in [0.25, 0.3) is 0 Å². The SMILES string of the molecule is N#Cc1cccc(CN2C(=O)C3CCCC3N(C(=O)CN3C(=O)c4ccccc4C3=O)c3ccccc32)c1. The van der Waals surface area contributed by atoms with Crippen molar-refractivity contribution in [2.24, 2.45) is 5.92 Å². The molecule has 0 aromatic heterocycles. The summed E-state index contributed by atoms with van der Waals surface area (Å²) in [4.78, 5) is 58.1. The number of hydrogen-bond acceptors (Lipinski definition) is 5. The van der Waals surface area contributed by atoms with Crippen LogP contribution in [0.4, 0.5) is 11.4 Å². The van der Waals surface area contributed by atoms with Gasteiger partial charge in [-0.3, -0.25) is 24.1 Å². The molecule has 2 heterocycles. The Balaban J connectivity index is 1.37. The van der Waals surface area contributed by atoms with Gasteiger partial charge in [-0.2, -0.15) is 5.26 Å². The van der Waals surface area contributed by atoms with Crippen LogP contribution in [0.2, 0.25) is 0 Å². The van der Waals surface area contributed by atoms with E-state index in [1.54, 1.807) is 52.3 Å². The van der Waals surface area contributed by atoms with Crippen molar-refractivity contribution in [2.75, 3.05) is 16.3 Å². The zero-order valence-electron chi connectivity index (χ0n) is 20.5. The Morgan fingerprint density at radius 2 is 1.53 bits per heavy atom. The second-order valence-electron chi connectivity index (χ2n) is 9.84. The van der Waals surface area contributed by atoms with Crippen LogP contribution < -0.4 is 9.80 Å². The number of amides is 4. The zero-order valence-corrected chi connectivity index (χ0v) is 20.5.